The second kappa shape index (κ2) is 11.4. The summed E-state index contributed by atoms with van der Waals surface area (Å²) in [6, 6.07) is 0. The molecule has 0 saturated heterocycles. The standard InChI is InChI=1S/C13H27O3/c1-3-4-5-6-7-8-11-16-13(9-10-14)12(2)15/h12-15H,2-11H2,1H3. The number of aliphatic hydroxyl groups is 2. The number of unbranched alkanes of at least 4 members (excludes halogenated alkanes) is 5. The van der Waals surface area contributed by atoms with Crippen molar-refractivity contribution in [2.24, 2.45) is 0 Å². The van der Waals surface area contributed by atoms with Gasteiger partial charge < -0.3 is 14.9 Å². The molecule has 0 fully saturated rings. The van der Waals surface area contributed by atoms with Crippen LogP contribution in [0.2, 0.25) is 0 Å². The third-order valence-corrected chi connectivity index (χ3v) is 2.67. The van der Waals surface area contributed by atoms with Gasteiger partial charge in [0, 0.05) is 13.2 Å². The molecular formula is C13H27O3. The molecular weight excluding hydrogens is 204 g/mol. The number of aliphatic hydroxyl groups excluding tert-OH is 2. The van der Waals surface area contributed by atoms with Crippen molar-refractivity contribution in [3.8, 4) is 0 Å². The zero-order chi connectivity index (χ0) is 12.2. The Morgan fingerprint density at radius 1 is 1.12 bits per heavy atom. The van der Waals surface area contributed by atoms with Crippen LogP contribution in [-0.2, 0) is 4.74 Å². The van der Waals surface area contributed by atoms with Crippen molar-refractivity contribution in [3.63, 3.8) is 0 Å². The molecule has 0 bridgehead atoms. The van der Waals surface area contributed by atoms with Crippen LogP contribution in [0.1, 0.15) is 51.9 Å². The van der Waals surface area contributed by atoms with E-state index >= 15 is 0 Å². The second-order valence-electron chi connectivity index (χ2n) is 4.26. The zero-order valence-electron chi connectivity index (χ0n) is 10.5. The van der Waals surface area contributed by atoms with Crippen LogP contribution in [0.15, 0.2) is 0 Å². The van der Waals surface area contributed by atoms with Crippen molar-refractivity contribution in [2.45, 2.75) is 64.1 Å². The van der Waals surface area contributed by atoms with Crippen LogP contribution < -0.4 is 0 Å². The molecule has 2 N–H and O–H groups in total. The molecule has 2 unspecified atom stereocenters. The van der Waals surface area contributed by atoms with Gasteiger partial charge in [-0.15, -0.1) is 0 Å². The van der Waals surface area contributed by atoms with Gasteiger partial charge in [0.15, 0.2) is 0 Å². The lowest BCUT2D eigenvalue weighted by atomic mass is 10.1. The summed E-state index contributed by atoms with van der Waals surface area (Å²) in [6.45, 7) is 6.41. The zero-order valence-corrected chi connectivity index (χ0v) is 10.5. The van der Waals surface area contributed by atoms with E-state index in [1.54, 1.807) is 0 Å². The van der Waals surface area contributed by atoms with Crippen molar-refractivity contribution in [3.05, 3.63) is 6.92 Å². The topological polar surface area (TPSA) is 49.7 Å². The predicted molar refractivity (Wildman–Crippen MR) is 66.2 cm³/mol. The summed E-state index contributed by atoms with van der Waals surface area (Å²) in [7, 11) is 0. The molecule has 0 aliphatic carbocycles. The summed E-state index contributed by atoms with van der Waals surface area (Å²) in [4.78, 5) is 0. The third-order valence-electron chi connectivity index (χ3n) is 2.67. The van der Waals surface area contributed by atoms with E-state index in [9.17, 15) is 5.11 Å². The van der Waals surface area contributed by atoms with Crippen molar-refractivity contribution >= 4 is 0 Å². The monoisotopic (exact) mass is 231 g/mol. The van der Waals surface area contributed by atoms with Crippen LogP contribution in [0, 0.1) is 6.92 Å². The Labute approximate surface area is 99.8 Å². The third kappa shape index (κ3) is 9.13. The maximum atomic E-state index is 9.27. The fourth-order valence-electron chi connectivity index (χ4n) is 1.63. The first-order valence-corrected chi connectivity index (χ1v) is 6.46. The van der Waals surface area contributed by atoms with E-state index in [0.29, 0.717) is 13.0 Å². The molecule has 0 rings (SSSR count). The minimum absolute atomic E-state index is 0.0355. The van der Waals surface area contributed by atoms with Gasteiger partial charge in [0.25, 0.3) is 0 Å². The Kier molecular flexibility index (Phi) is 11.3. The molecule has 97 valence electrons. The van der Waals surface area contributed by atoms with Crippen LogP contribution in [-0.4, -0.2) is 35.6 Å². The van der Waals surface area contributed by atoms with E-state index in [0.717, 1.165) is 6.42 Å². The minimum atomic E-state index is -0.743. The Morgan fingerprint density at radius 2 is 1.75 bits per heavy atom. The van der Waals surface area contributed by atoms with Crippen LogP contribution in [0.5, 0.6) is 0 Å². The minimum Gasteiger partial charge on any atom is -0.396 e. The maximum absolute atomic E-state index is 9.27. The number of ether oxygens (including phenoxy) is 1. The van der Waals surface area contributed by atoms with Crippen LogP contribution in [0.25, 0.3) is 0 Å². The largest absolute Gasteiger partial charge is 0.396 e. The van der Waals surface area contributed by atoms with Crippen molar-refractivity contribution in [1.29, 1.82) is 0 Å². The van der Waals surface area contributed by atoms with Gasteiger partial charge in [-0.25, -0.2) is 0 Å². The average molecular weight is 231 g/mol. The lowest BCUT2D eigenvalue weighted by molar-refractivity contribution is -0.0315. The smallest absolute Gasteiger partial charge is 0.0855 e. The van der Waals surface area contributed by atoms with Gasteiger partial charge in [-0.1, -0.05) is 39.0 Å². The summed E-state index contributed by atoms with van der Waals surface area (Å²) in [5.41, 5.74) is 0. The summed E-state index contributed by atoms with van der Waals surface area (Å²) in [5, 5.41) is 18.0. The summed E-state index contributed by atoms with van der Waals surface area (Å²) < 4.78 is 5.48. The molecule has 16 heavy (non-hydrogen) atoms. The van der Waals surface area contributed by atoms with Gasteiger partial charge in [-0.3, -0.25) is 0 Å². The van der Waals surface area contributed by atoms with Crippen LogP contribution >= 0.6 is 0 Å². The highest BCUT2D eigenvalue weighted by Gasteiger charge is 2.14. The molecule has 0 aromatic rings. The molecule has 2 atom stereocenters. The molecule has 0 aromatic carbocycles. The highest BCUT2D eigenvalue weighted by Crippen LogP contribution is 2.08. The van der Waals surface area contributed by atoms with Crippen LogP contribution in [0.4, 0.5) is 0 Å². The highest BCUT2D eigenvalue weighted by atomic mass is 16.5. The molecule has 0 amide bonds. The predicted octanol–water partition coefficient (Wildman–Crippen LogP) is 2.31. The molecule has 0 spiro atoms. The van der Waals surface area contributed by atoms with Crippen molar-refractivity contribution in [1.82, 2.24) is 0 Å². The van der Waals surface area contributed by atoms with E-state index in [1.165, 1.54) is 32.1 Å². The van der Waals surface area contributed by atoms with Crippen LogP contribution in [0.3, 0.4) is 0 Å². The summed E-state index contributed by atoms with van der Waals surface area (Å²) >= 11 is 0. The molecule has 0 aromatic heterocycles. The van der Waals surface area contributed by atoms with E-state index in [4.69, 9.17) is 9.84 Å². The van der Waals surface area contributed by atoms with Crippen molar-refractivity contribution in [2.75, 3.05) is 13.2 Å². The number of rotatable bonds is 11. The molecule has 0 heterocycles. The van der Waals surface area contributed by atoms with Gasteiger partial charge in [0.2, 0.25) is 0 Å². The summed E-state index contributed by atoms with van der Waals surface area (Å²) in [6.07, 6.45) is 6.74. The molecule has 0 aliphatic heterocycles. The SMILES string of the molecule is [CH2]C(O)C(CCO)OCCCCCCCC. The van der Waals surface area contributed by atoms with E-state index in [-0.39, 0.29) is 12.7 Å². The first-order chi connectivity index (χ1) is 7.72. The van der Waals surface area contributed by atoms with Gasteiger partial charge >= 0.3 is 0 Å². The fraction of sp³-hybridized carbons (Fsp3) is 0.923. The van der Waals surface area contributed by atoms with Gasteiger partial charge in [-0.05, 0) is 19.8 Å². The first-order valence-electron chi connectivity index (χ1n) is 6.46. The van der Waals surface area contributed by atoms with E-state index in [1.807, 2.05) is 0 Å². The molecule has 3 heteroatoms. The number of hydrogen-bond donors (Lipinski definition) is 2. The Morgan fingerprint density at radius 3 is 2.31 bits per heavy atom. The number of hydrogen-bond acceptors (Lipinski definition) is 3. The van der Waals surface area contributed by atoms with E-state index in [2.05, 4.69) is 13.8 Å². The maximum Gasteiger partial charge on any atom is 0.0855 e. The van der Waals surface area contributed by atoms with Gasteiger partial charge in [0.1, 0.15) is 0 Å². The van der Waals surface area contributed by atoms with E-state index < -0.39 is 6.10 Å². The fourth-order valence-corrected chi connectivity index (χ4v) is 1.63. The summed E-state index contributed by atoms with van der Waals surface area (Å²) in [5.74, 6) is 0. The lowest BCUT2D eigenvalue weighted by Crippen LogP contribution is -2.28. The second-order valence-corrected chi connectivity index (χ2v) is 4.26. The Balaban J connectivity index is 3.33. The molecule has 3 nitrogen and oxygen atoms in total. The average Bonchev–Trinajstić information content (AvgIpc) is 2.26. The quantitative estimate of drug-likeness (QED) is 0.536. The van der Waals surface area contributed by atoms with Gasteiger partial charge in [0.05, 0.1) is 12.2 Å². The van der Waals surface area contributed by atoms with Crippen molar-refractivity contribution < 1.29 is 14.9 Å². The van der Waals surface area contributed by atoms with Gasteiger partial charge in [-0.2, -0.15) is 0 Å². The Bertz CT molecular complexity index is 137. The lowest BCUT2D eigenvalue weighted by Gasteiger charge is -2.19. The molecule has 0 saturated carbocycles. The first kappa shape index (κ1) is 15.9. The molecule has 1 radical (unpaired) electrons. The molecule has 0 aliphatic rings. The Hall–Kier alpha value is -0.120. The highest BCUT2D eigenvalue weighted by molar-refractivity contribution is 4.70. The normalized spacial score (nSPS) is 15.0.